The summed E-state index contributed by atoms with van der Waals surface area (Å²) in [6.07, 6.45) is 5.89. The third-order valence-corrected chi connectivity index (χ3v) is 10.5. The number of halogens is 1. The number of H-pyrrole nitrogens is 1. The van der Waals surface area contributed by atoms with Gasteiger partial charge in [-0.1, -0.05) is 57.2 Å². The van der Waals surface area contributed by atoms with Crippen molar-refractivity contribution >= 4 is 28.6 Å². The average molecular weight is 773 g/mol. The first-order chi connectivity index (χ1) is 26.6. The number of nitrogens with one attached hydrogen (secondary N) is 3. The van der Waals surface area contributed by atoms with Crippen molar-refractivity contribution in [2.24, 2.45) is 10.8 Å². The van der Waals surface area contributed by atoms with Crippen molar-refractivity contribution in [2.45, 2.75) is 85.4 Å². The van der Waals surface area contributed by atoms with E-state index in [4.69, 9.17) is 4.74 Å². The number of unbranched alkanes of at least 4 members (excludes halogenated alkanes) is 1. The molecule has 2 aliphatic rings. The molecule has 4 N–H and O–H groups in total. The highest BCUT2D eigenvalue weighted by atomic mass is 19.1. The van der Waals surface area contributed by atoms with Gasteiger partial charge >= 0.3 is 0 Å². The van der Waals surface area contributed by atoms with Crippen molar-refractivity contribution < 1.29 is 28.6 Å². The van der Waals surface area contributed by atoms with Gasteiger partial charge in [-0.05, 0) is 79.9 Å². The van der Waals surface area contributed by atoms with Crippen molar-refractivity contribution in [1.82, 2.24) is 40.4 Å². The molecule has 14 heteroatoms. The van der Waals surface area contributed by atoms with Gasteiger partial charge in [-0.25, -0.2) is 4.39 Å². The fourth-order valence-corrected chi connectivity index (χ4v) is 7.71. The molecule has 0 bridgehead atoms. The number of amides is 3. The van der Waals surface area contributed by atoms with Crippen LogP contribution in [0.15, 0.2) is 42.6 Å². The Hall–Kier alpha value is -4.66. The van der Waals surface area contributed by atoms with Crippen LogP contribution in [0.4, 0.5) is 4.39 Å². The molecule has 4 heterocycles. The van der Waals surface area contributed by atoms with Crippen LogP contribution in [-0.4, -0.2) is 112 Å². The van der Waals surface area contributed by atoms with E-state index in [1.54, 1.807) is 4.90 Å². The molecule has 0 unspecified atom stereocenters. The summed E-state index contributed by atoms with van der Waals surface area (Å²) in [7, 11) is 2.13. The van der Waals surface area contributed by atoms with Crippen LogP contribution in [-0.2, 0) is 40.3 Å². The van der Waals surface area contributed by atoms with E-state index in [1.165, 1.54) is 17.7 Å². The summed E-state index contributed by atoms with van der Waals surface area (Å²) in [5, 5.41) is 24.8. The zero-order valence-corrected chi connectivity index (χ0v) is 33.4. The summed E-state index contributed by atoms with van der Waals surface area (Å²) in [5.74, 6) is -1.04. The summed E-state index contributed by atoms with van der Waals surface area (Å²) in [5.41, 5.74) is 5.58. The summed E-state index contributed by atoms with van der Waals surface area (Å²) < 4.78 is 22.3. The number of benzene rings is 2. The highest BCUT2D eigenvalue weighted by molar-refractivity contribution is 6.10. The lowest BCUT2D eigenvalue weighted by molar-refractivity contribution is -0.133. The van der Waals surface area contributed by atoms with Gasteiger partial charge in [0, 0.05) is 67.4 Å². The van der Waals surface area contributed by atoms with E-state index in [1.807, 2.05) is 24.7 Å². The first-order valence-electron chi connectivity index (χ1n) is 19.7. The minimum absolute atomic E-state index is 0.0605. The van der Waals surface area contributed by atoms with Gasteiger partial charge in [-0.15, -0.1) is 5.10 Å². The molecule has 0 spiro atoms. The molecule has 0 saturated carbocycles. The van der Waals surface area contributed by atoms with E-state index in [-0.39, 0.29) is 36.1 Å². The van der Waals surface area contributed by atoms with E-state index in [0.29, 0.717) is 63.3 Å². The molecule has 1 saturated heterocycles. The maximum atomic E-state index is 14.3. The summed E-state index contributed by atoms with van der Waals surface area (Å²) in [6.45, 7) is 12.8. The summed E-state index contributed by atoms with van der Waals surface area (Å²) >= 11 is 0. The third-order valence-electron chi connectivity index (χ3n) is 10.5. The topological polar surface area (TPSA) is 158 Å². The Balaban J connectivity index is 0.883. The third kappa shape index (κ3) is 10.8. The van der Waals surface area contributed by atoms with Crippen molar-refractivity contribution in [2.75, 3.05) is 53.0 Å². The quantitative estimate of drug-likeness (QED) is 0.108. The average Bonchev–Trinajstić information content (AvgIpc) is 3.84. The van der Waals surface area contributed by atoms with Gasteiger partial charge in [0.2, 0.25) is 11.8 Å². The minimum Gasteiger partial charge on any atom is -0.391 e. The van der Waals surface area contributed by atoms with E-state index in [2.05, 4.69) is 76.0 Å². The lowest BCUT2D eigenvalue weighted by Gasteiger charge is -2.28. The van der Waals surface area contributed by atoms with Crippen molar-refractivity contribution in [1.29, 1.82) is 0 Å². The van der Waals surface area contributed by atoms with Crippen LogP contribution in [0.1, 0.15) is 80.6 Å². The maximum Gasteiger partial charge on any atom is 0.252 e. The molecule has 1 atom stereocenters. The number of aromatic nitrogens is 4. The predicted molar refractivity (Wildman–Crippen MR) is 212 cm³/mol. The van der Waals surface area contributed by atoms with Crippen molar-refractivity contribution in [3.63, 3.8) is 0 Å². The molecule has 56 heavy (non-hydrogen) atoms. The standard InChI is InChI=1S/C42H57FN8O5/c1-41(2,20-36(53)45-21-37(54)50-17-14-32(52)24-50)26-56-27-42(3,4)25-51-23-31(47-48-51)8-6-7-16-49(5)22-28-9-11-29(12-10-28)39-33-13-15-44-40(55)34-18-30(43)19-35(46-39)38(33)34/h9-12,18-19,23,32,46,52H,6-8,13-17,20-22,24-27H2,1-5H3,(H,44,55)(H,45,53)/t32-/m1/s1. The number of nitrogens with zero attached hydrogens (tertiary/aromatic N) is 5. The number of rotatable bonds is 18. The van der Waals surface area contributed by atoms with E-state index in [0.717, 1.165) is 60.3 Å². The molecule has 13 nitrogen and oxygen atoms in total. The lowest BCUT2D eigenvalue weighted by Crippen LogP contribution is -2.41. The molecule has 2 aromatic heterocycles. The zero-order valence-electron chi connectivity index (χ0n) is 33.4. The Morgan fingerprint density at radius 2 is 1.88 bits per heavy atom. The molecule has 0 radical (unpaired) electrons. The van der Waals surface area contributed by atoms with Gasteiger partial charge in [0.1, 0.15) is 5.82 Å². The number of aromatic amines is 1. The second-order valence-corrected chi connectivity index (χ2v) is 17.2. The largest absolute Gasteiger partial charge is 0.391 e. The van der Waals surface area contributed by atoms with E-state index < -0.39 is 17.3 Å². The molecule has 2 aromatic carbocycles. The first-order valence-corrected chi connectivity index (χ1v) is 19.7. The highest BCUT2D eigenvalue weighted by Gasteiger charge is 2.28. The fourth-order valence-electron chi connectivity index (χ4n) is 7.71. The second kappa shape index (κ2) is 17.6. The monoisotopic (exact) mass is 772 g/mol. The van der Waals surface area contributed by atoms with Gasteiger partial charge in [-0.3, -0.25) is 19.1 Å². The number of carbonyl (C=O) groups is 3. The number of aliphatic hydroxyl groups is 1. The maximum absolute atomic E-state index is 14.3. The van der Waals surface area contributed by atoms with E-state index in [9.17, 15) is 23.9 Å². The molecule has 302 valence electrons. The fraction of sp³-hybridized carbons (Fsp3) is 0.548. The Morgan fingerprint density at radius 3 is 2.62 bits per heavy atom. The van der Waals surface area contributed by atoms with Gasteiger partial charge in [0.25, 0.3) is 5.91 Å². The number of aliphatic hydroxyl groups excluding tert-OH is 1. The number of hydrogen-bond acceptors (Lipinski definition) is 8. The van der Waals surface area contributed by atoms with Crippen LogP contribution < -0.4 is 10.6 Å². The van der Waals surface area contributed by atoms with Crippen LogP contribution in [0.5, 0.6) is 0 Å². The Bertz CT molecular complexity index is 2010. The number of carbonyl (C=O) groups excluding carboxylic acids is 3. The van der Waals surface area contributed by atoms with Crippen LogP contribution in [0.25, 0.3) is 22.2 Å². The summed E-state index contributed by atoms with van der Waals surface area (Å²) in [4.78, 5) is 44.7. The molecule has 0 aliphatic carbocycles. The Morgan fingerprint density at radius 1 is 1.11 bits per heavy atom. The molecular weight excluding hydrogens is 716 g/mol. The Kier molecular flexibility index (Phi) is 12.9. The zero-order chi connectivity index (χ0) is 40.0. The first kappa shape index (κ1) is 41.0. The van der Waals surface area contributed by atoms with Crippen molar-refractivity contribution in [3.8, 4) is 11.3 Å². The van der Waals surface area contributed by atoms with Gasteiger partial charge in [-0.2, -0.15) is 0 Å². The SMILES string of the molecule is CN(CCCCc1cn(CC(C)(C)COCC(C)(C)CC(=O)NCC(=O)N2CC[C@@H](O)C2)nn1)Cc1ccc(-c2[nH]c3cc(F)cc4c3c2CCNC4=O)cc1. The van der Waals surface area contributed by atoms with Gasteiger partial charge < -0.3 is 35.3 Å². The van der Waals surface area contributed by atoms with Crippen LogP contribution in [0, 0.1) is 16.6 Å². The smallest absolute Gasteiger partial charge is 0.252 e. The number of hydrogen-bond donors (Lipinski definition) is 4. The number of β-amino-alcohol motifs (C(OH)–C–C–N with tert-alkyl or cyclic N) is 1. The number of likely N-dealkylation sites (tertiary alicyclic amines) is 1. The van der Waals surface area contributed by atoms with E-state index >= 15 is 0 Å². The van der Waals surface area contributed by atoms with Crippen LogP contribution >= 0.6 is 0 Å². The second-order valence-electron chi connectivity index (χ2n) is 17.2. The number of ether oxygens (including phenoxy) is 1. The molecule has 3 amide bonds. The molecule has 6 rings (SSSR count). The van der Waals surface area contributed by atoms with Gasteiger partial charge in [0.05, 0.1) is 37.1 Å². The molecular formula is C42H57FN8O5. The molecule has 2 aliphatic heterocycles. The highest BCUT2D eigenvalue weighted by Crippen LogP contribution is 2.35. The Labute approximate surface area is 328 Å². The lowest BCUT2D eigenvalue weighted by atomic mass is 9.89. The number of aryl methyl sites for hydroxylation is 1. The molecule has 1 fully saturated rings. The van der Waals surface area contributed by atoms with Crippen LogP contribution in [0.3, 0.4) is 0 Å². The van der Waals surface area contributed by atoms with Crippen molar-refractivity contribution in [3.05, 3.63) is 70.8 Å². The van der Waals surface area contributed by atoms with Gasteiger partial charge in [0.15, 0.2) is 0 Å². The van der Waals surface area contributed by atoms with Crippen LogP contribution in [0.2, 0.25) is 0 Å². The summed E-state index contributed by atoms with van der Waals surface area (Å²) in [6, 6.07) is 11.2. The molecule has 4 aromatic rings. The normalized spacial score (nSPS) is 16.1. The minimum atomic E-state index is -0.481. The predicted octanol–water partition coefficient (Wildman–Crippen LogP) is 4.47.